The minimum atomic E-state index is 0.346. The van der Waals surface area contributed by atoms with Gasteiger partial charge in [-0.05, 0) is 37.8 Å². The molecule has 112 valence electrons. The first-order chi connectivity index (χ1) is 9.71. The average molecular weight is 275 g/mol. The van der Waals surface area contributed by atoms with Crippen molar-refractivity contribution in [2.75, 3.05) is 13.7 Å². The van der Waals surface area contributed by atoms with Crippen molar-refractivity contribution in [3.05, 3.63) is 29.8 Å². The van der Waals surface area contributed by atoms with E-state index in [1.54, 1.807) is 0 Å². The van der Waals surface area contributed by atoms with Crippen LogP contribution in [-0.4, -0.2) is 13.7 Å². The van der Waals surface area contributed by atoms with Crippen LogP contribution in [0.1, 0.15) is 64.0 Å². The molecule has 1 aliphatic carbocycles. The first kappa shape index (κ1) is 15.4. The monoisotopic (exact) mass is 275 g/mol. The second-order valence-corrected chi connectivity index (χ2v) is 6.32. The SMILES string of the molecule is CCCOc1ccccc1C(NC)C1(C)CCCCC1. The topological polar surface area (TPSA) is 21.3 Å². The molecule has 1 aromatic carbocycles. The van der Waals surface area contributed by atoms with E-state index in [0.717, 1.165) is 18.8 Å². The van der Waals surface area contributed by atoms with E-state index in [-0.39, 0.29) is 0 Å². The third kappa shape index (κ3) is 3.35. The highest BCUT2D eigenvalue weighted by Crippen LogP contribution is 2.47. The second-order valence-electron chi connectivity index (χ2n) is 6.32. The molecule has 1 aromatic rings. The molecule has 2 heteroatoms. The number of hydrogen-bond donors (Lipinski definition) is 1. The normalized spacial score (nSPS) is 19.6. The molecule has 2 nitrogen and oxygen atoms in total. The van der Waals surface area contributed by atoms with Gasteiger partial charge in [-0.3, -0.25) is 0 Å². The lowest BCUT2D eigenvalue weighted by Crippen LogP contribution is -2.36. The van der Waals surface area contributed by atoms with Crippen molar-refractivity contribution in [1.82, 2.24) is 5.32 Å². The summed E-state index contributed by atoms with van der Waals surface area (Å²) in [5.41, 5.74) is 1.67. The van der Waals surface area contributed by atoms with E-state index < -0.39 is 0 Å². The number of ether oxygens (including phenoxy) is 1. The van der Waals surface area contributed by atoms with Gasteiger partial charge in [-0.15, -0.1) is 0 Å². The lowest BCUT2D eigenvalue weighted by Gasteiger charge is -2.41. The summed E-state index contributed by atoms with van der Waals surface area (Å²) in [6, 6.07) is 8.93. The molecular weight excluding hydrogens is 246 g/mol. The Morgan fingerprint density at radius 3 is 2.55 bits per heavy atom. The molecular formula is C18H29NO. The maximum absolute atomic E-state index is 5.96. The zero-order valence-electron chi connectivity index (χ0n) is 13.2. The van der Waals surface area contributed by atoms with Gasteiger partial charge in [0.2, 0.25) is 0 Å². The molecule has 0 aromatic heterocycles. The van der Waals surface area contributed by atoms with Gasteiger partial charge in [0.15, 0.2) is 0 Å². The van der Waals surface area contributed by atoms with Crippen LogP contribution in [0.2, 0.25) is 0 Å². The van der Waals surface area contributed by atoms with Crippen LogP contribution in [0.25, 0.3) is 0 Å². The minimum Gasteiger partial charge on any atom is -0.493 e. The van der Waals surface area contributed by atoms with E-state index in [1.165, 1.54) is 37.7 Å². The Hall–Kier alpha value is -1.02. The van der Waals surface area contributed by atoms with Crippen molar-refractivity contribution in [2.24, 2.45) is 5.41 Å². The van der Waals surface area contributed by atoms with Gasteiger partial charge in [0.25, 0.3) is 0 Å². The van der Waals surface area contributed by atoms with E-state index in [0.29, 0.717) is 11.5 Å². The molecule has 1 unspecified atom stereocenters. The highest BCUT2D eigenvalue weighted by atomic mass is 16.5. The fourth-order valence-electron chi connectivity index (χ4n) is 3.59. The quantitative estimate of drug-likeness (QED) is 0.812. The summed E-state index contributed by atoms with van der Waals surface area (Å²) in [4.78, 5) is 0. The van der Waals surface area contributed by atoms with Crippen LogP contribution in [0.3, 0.4) is 0 Å². The lowest BCUT2D eigenvalue weighted by atomic mass is 9.68. The van der Waals surface area contributed by atoms with Gasteiger partial charge in [-0.2, -0.15) is 0 Å². The molecule has 20 heavy (non-hydrogen) atoms. The van der Waals surface area contributed by atoms with Crippen molar-refractivity contribution in [2.45, 2.75) is 58.4 Å². The molecule has 1 saturated carbocycles. The lowest BCUT2D eigenvalue weighted by molar-refractivity contribution is 0.147. The van der Waals surface area contributed by atoms with Gasteiger partial charge >= 0.3 is 0 Å². The Labute approximate surface area is 123 Å². The zero-order valence-corrected chi connectivity index (χ0v) is 13.2. The number of rotatable bonds is 6. The van der Waals surface area contributed by atoms with E-state index in [1.807, 2.05) is 0 Å². The van der Waals surface area contributed by atoms with Crippen molar-refractivity contribution in [3.63, 3.8) is 0 Å². The molecule has 0 heterocycles. The summed E-state index contributed by atoms with van der Waals surface area (Å²) >= 11 is 0. The van der Waals surface area contributed by atoms with Gasteiger partial charge in [-0.25, -0.2) is 0 Å². The van der Waals surface area contributed by atoms with Crippen LogP contribution in [0.4, 0.5) is 0 Å². The van der Waals surface area contributed by atoms with E-state index >= 15 is 0 Å². The summed E-state index contributed by atoms with van der Waals surface area (Å²) in [6.07, 6.45) is 7.76. The van der Waals surface area contributed by atoms with Crippen molar-refractivity contribution >= 4 is 0 Å². The summed E-state index contributed by atoms with van der Waals surface area (Å²) in [5, 5.41) is 3.57. The summed E-state index contributed by atoms with van der Waals surface area (Å²) in [7, 11) is 2.08. The number of benzene rings is 1. The van der Waals surface area contributed by atoms with Crippen LogP contribution in [-0.2, 0) is 0 Å². The predicted octanol–water partition coefficient (Wildman–Crippen LogP) is 4.71. The number of para-hydroxylation sites is 1. The predicted molar refractivity (Wildman–Crippen MR) is 85.2 cm³/mol. The second kappa shape index (κ2) is 7.12. The number of nitrogens with one attached hydrogen (secondary N) is 1. The van der Waals surface area contributed by atoms with Gasteiger partial charge in [-0.1, -0.05) is 51.3 Å². The zero-order chi connectivity index (χ0) is 14.4. The van der Waals surface area contributed by atoms with Gasteiger partial charge < -0.3 is 10.1 Å². The fraction of sp³-hybridized carbons (Fsp3) is 0.667. The van der Waals surface area contributed by atoms with Crippen molar-refractivity contribution in [1.29, 1.82) is 0 Å². The van der Waals surface area contributed by atoms with Gasteiger partial charge in [0, 0.05) is 11.6 Å². The largest absolute Gasteiger partial charge is 0.493 e. The smallest absolute Gasteiger partial charge is 0.124 e. The molecule has 1 N–H and O–H groups in total. The van der Waals surface area contributed by atoms with Crippen LogP contribution < -0.4 is 10.1 Å². The summed E-state index contributed by atoms with van der Waals surface area (Å²) < 4.78 is 5.96. The molecule has 0 spiro atoms. The van der Waals surface area contributed by atoms with E-state index in [9.17, 15) is 0 Å². The third-order valence-electron chi connectivity index (χ3n) is 4.67. The first-order valence-electron chi connectivity index (χ1n) is 8.10. The third-order valence-corrected chi connectivity index (χ3v) is 4.67. The Kier molecular flexibility index (Phi) is 5.47. The van der Waals surface area contributed by atoms with Crippen molar-refractivity contribution in [3.8, 4) is 5.75 Å². The molecule has 0 radical (unpaired) electrons. The van der Waals surface area contributed by atoms with Crippen LogP contribution in [0.5, 0.6) is 5.75 Å². The molecule has 1 aliphatic rings. The Balaban J connectivity index is 2.26. The molecule has 0 bridgehead atoms. The molecule has 1 fully saturated rings. The minimum absolute atomic E-state index is 0.346. The van der Waals surface area contributed by atoms with Crippen molar-refractivity contribution < 1.29 is 4.74 Å². The molecule has 0 saturated heterocycles. The molecule has 0 amide bonds. The standard InChI is InChI=1S/C18H29NO/c1-4-14-20-16-11-7-6-10-15(16)17(19-3)18(2)12-8-5-9-13-18/h6-7,10-11,17,19H,4-5,8-9,12-14H2,1-3H3. The summed E-state index contributed by atoms with van der Waals surface area (Å²) in [5.74, 6) is 1.06. The molecule has 2 rings (SSSR count). The Morgan fingerprint density at radius 2 is 1.90 bits per heavy atom. The Morgan fingerprint density at radius 1 is 1.20 bits per heavy atom. The highest BCUT2D eigenvalue weighted by Gasteiger charge is 2.36. The van der Waals surface area contributed by atoms with Crippen LogP contribution in [0.15, 0.2) is 24.3 Å². The fourth-order valence-corrected chi connectivity index (χ4v) is 3.59. The van der Waals surface area contributed by atoms with E-state index in [2.05, 4.69) is 50.5 Å². The van der Waals surface area contributed by atoms with Crippen LogP contribution in [0, 0.1) is 5.41 Å². The molecule has 0 aliphatic heterocycles. The van der Waals surface area contributed by atoms with Crippen LogP contribution >= 0.6 is 0 Å². The van der Waals surface area contributed by atoms with Gasteiger partial charge in [0.05, 0.1) is 6.61 Å². The Bertz CT molecular complexity index is 410. The first-order valence-corrected chi connectivity index (χ1v) is 8.10. The molecule has 1 atom stereocenters. The summed E-state index contributed by atoms with van der Waals surface area (Å²) in [6.45, 7) is 5.38. The highest BCUT2D eigenvalue weighted by molar-refractivity contribution is 5.37. The van der Waals surface area contributed by atoms with E-state index in [4.69, 9.17) is 4.74 Å². The average Bonchev–Trinajstić information content (AvgIpc) is 2.47. The maximum atomic E-state index is 5.96. The number of hydrogen-bond acceptors (Lipinski definition) is 2. The van der Waals surface area contributed by atoms with Gasteiger partial charge in [0.1, 0.15) is 5.75 Å². The maximum Gasteiger partial charge on any atom is 0.124 e.